The molecule has 8 nitrogen and oxygen atoms in total. The summed E-state index contributed by atoms with van der Waals surface area (Å²) in [5.41, 5.74) is 1.09. The number of aliphatic carboxylic acids is 1. The van der Waals surface area contributed by atoms with E-state index < -0.39 is 5.97 Å². The van der Waals surface area contributed by atoms with Crippen LogP contribution in [0.5, 0.6) is 0 Å². The van der Waals surface area contributed by atoms with Gasteiger partial charge < -0.3 is 20.2 Å². The maximum Gasteiger partial charge on any atom is 0.303 e. The Morgan fingerprint density at radius 1 is 1.03 bits per heavy atom. The van der Waals surface area contributed by atoms with Crippen molar-refractivity contribution >= 4 is 17.7 Å². The van der Waals surface area contributed by atoms with Crippen LogP contribution in [0.4, 0.5) is 5.82 Å². The van der Waals surface area contributed by atoms with E-state index in [0.717, 1.165) is 30.8 Å². The van der Waals surface area contributed by atoms with Crippen LogP contribution >= 0.6 is 0 Å². The summed E-state index contributed by atoms with van der Waals surface area (Å²) in [6.07, 6.45) is 5.01. The van der Waals surface area contributed by atoms with E-state index in [0.29, 0.717) is 18.9 Å². The molecule has 8 heteroatoms. The Labute approximate surface area is 180 Å². The highest BCUT2D eigenvalue weighted by Crippen LogP contribution is 2.24. The van der Waals surface area contributed by atoms with Gasteiger partial charge in [-0.3, -0.25) is 9.59 Å². The van der Waals surface area contributed by atoms with E-state index in [1.807, 2.05) is 48.5 Å². The molecular formula is C23H26N4O4. The van der Waals surface area contributed by atoms with Crippen molar-refractivity contribution in [3.05, 3.63) is 78.1 Å². The number of anilines is 1. The molecule has 0 aliphatic carbocycles. The Bertz CT molecular complexity index is 960. The Hall–Kier alpha value is -3.68. The standard InChI is InChI=1S/C23H26N4O4/c28-22(29)15-18(17-8-2-1-3-9-17)14-21-27-19(16-31-21)23(30)26-13-7-6-12-25-20-10-4-5-11-24-20/h1-5,8-11,16,18H,6-7,12-15H2,(H,24,25)(H,26,30)(H,28,29). The molecule has 31 heavy (non-hydrogen) atoms. The second kappa shape index (κ2) is 11.5. The molecule has 0 saturated heterocycles. The minimum Gasteiger partial charge on any atom is -0.481 e. The molecule has 2 aromatic heterocycles. The van der Waals surface area contributed by atoms with Crippen LogP contribution in [0.1, 0.15) is 47.1 Å². The van der Waals surface area contributed by atoms with Crippen LogP contribution in [0.15, 0.2) is 65.4 Å². The first-order chi connectivity index (χ1) is 15.1. The van der Waals surface area contributed by atoms with Crippen molar-refractivity contribution in [2.45, 2.75) is 31.6 Å². The molecule has 1 atom stereocenters. The van der Waals surface area contributed by atoms with E-state index in [2.05, 4.69) is 20.6 Å². The number of carboxylic acid groups (broad SMARTS) is 1. The second-order valence-corrected chi connectivity index (χ2v) is 7.14. The maximum absolute atomic E-state index is 12.3. The topological polar surface area (TPSA) is 117 Å². The summed E-state index contributed by atoms with van der Waals surface area (Å²) in [6.45, 7) is 1.29. The van der Waals surface area contributed by atoms with Crippen molar-refractivity contribution in [1.82, 2.24) is 15.3 Å². The van der Waals surface area contributed by atoms with E-state index in [4.69, 9.17) is 4.42 Å². The molecule has 1 unspecified atom stereocenters. The lowest BCUT2D eigenvalue weighted by atomic mass is 9.92. The predicted octanol–water partition coefficient (Wildman–Crippen LogP) is 3.49. The quantitative estimate of drug-likeness (QED) is 0.382. The molecule has 0 aliphatic rings. The van der Waals surface area contributed by atoms with E-state index in [9.17, 15) is 14.7 Å². The van der Waals surface area contributed by atoms with Gasteiger partial charge in [0.15, 0.2) is 11.6 Å². The molecule has 1 amide bonds. The number of nitrogens with zero attached hydrogens (tertiary/aromatic N) is 2. The van der Waals surface area contributed by atoms with Crippen molar-refractivity contribution in [2.75, 3.05) is 18.4 Å². The zero-order valence-corrected chi connectivity index (χ0v) is 17.2. The molecule has 0 aliphatic heterocycles. The third kappa shape index (κ3) is 7.26. The van der Waals surface area contributed by atoms with E-state index in [1.54, 1.807) is 6.20 Å². The number of carbonyl (C=O) groups is 2. The Morgan fingerprint density at radius 3 is 2.55 bits per heavy atom. The molecule has 3 N–H and O–H groups in total. The Morgan fingerprint density at radius 2 is 1.81 bits per heavy atom. The van der Waals surface area contributed by atoms with Crippen LogP contribution in [-0.2, 0) is 11.2 Å². The number of unbranched alkanes of at least 4 members (excludes halogenated alkanes) is 1. The minimum atomic E-state index is -0.893. The lowest BCUT2D eigenvalue weighted by Crippen LogP contribution is -2.25. The van der Waals surface area contributed by atoms with Gasteiger partial charge in [-0.15, -0.1) is 0 Å². The summed E-state index contributed by atoms with van der Waals surface area (Å²) in [5, 5.41) is 15.3. The summed E-state index contributed by atoms with van der Waals surface area (Å²) in [6, 6.07) is 15.1. The van der Waals surface area contributed by atoms with Crippen molar-refractivity contribution in [1.29, 1.82) is 0 Å². The van der Waals surface area contributed by atoms with E-state index in [-0.39, 0.29) is 23.9 Å². The number of carbonyl (C=O) groups excluding carboxylic acids is 1. The normalized spacial score (nSPS) is 11.6. The molecule has 0 saturated carbocycles. The SMILES string of the molecule is O=C(O)CC(Cc1nc(C(=O)NCCCCNc2ccccn2)co1)c1ccccc1. The number of hydrogen-bond acceptors (Lipinski definition) is 6. The van der Waals surface area contributed by atoms with Gasteiger partial charge in [-0.1, -0.05) is 36.4 Å². The fraction of sp³-hybridized carbons (Fsp3) is 0.304. The molecule has 0 fully saturated rings. The highest BCUT2D eigenvalue weighted by Gasteiger charge is 2.20. The van der Waals surface area contributed by atoms with Crippen LogP contribution in [-0.4, -0.2) is 40.0 Å². The number of hydrogen-bond donors (Lipinski definition) is 3. The summed E-state index contributed by atoms with van der Waals surface area (Å²) in [5.74, 6) is -0.295. The van der Waals surface area contributed by atoms with Crippen LogP contribution < -0.4 is 10.6 Å². The lowest BCUT2D eigenvalue weighted by molar-refractivity contribution is -0.137. The molecule has 0 radical (unpaired) electrons. The summed E-state index contributed by atoms with van der Waals surface area (Å²) in [4.78, 5) is 32.0. The van der Waals surface area contributed by atoms with Crippen LogP contribution in [0, 0.1) is 0 Å². The summed E-state index contributed by atoms with van der Waals surface area (Å²) < 4.78 is 5.43. The molecule has 0 spiro atoms. The Balaban J connectivity index is 1.43. The molecular weight excluding hydrogens is 396 g/mol. The third-order valence-electron chi connectivity index (χ3n) is 4.76. The van der Waals surface area contributed by atoms with Crippen molar-refractivity contribution in [3.63, 3.8) is 0 Å². The molecule has 0 bridgehead atoms. The summed E-state index contributed by atoms with van der Waals surface area (Å²) >= 11 is 0. The highest BCUT2D eigenvalue weighted by atomic mass is 16.4. The average Bonchev–Trinajstić information content (AvgIpc) is 3.25. The van der Waals surface area contributed by atoms with Gasteiger partial charge in [0.05, 0.1) is 6.42 Å². The number of nitrogens with one attached hydrogen (secondary N) is 2. The molecule has 162 valence electrons. The van der Waals surface area contributed by atoms with Gasteiger partial charge in [0, 0.05) is 31.6 Å². The molecule has 3 rings (SSSR count). The number of carboxylic acids is 1. The average molecular weight is 422 g/mol. The van der Waals surface area contributed by atoms with Crippen LogP contribution in [0.2, 0.25) is 0 Å². The van der Waals surface area contributed by atoms with Crippen LogP contribution in [0.25, 0.3) is 0 Å². The van der Waals surface area contributed by atoms with E-state index >= 15 is 0 Å². The zero-order valence-electron chi connectivity index (χ0n) is 17.2. The van der Waals surface area contributed by atoms with Crippen molar-refractivity contribution < 1.29 is 19.1 Å². The lowest BCUT2D eigenvalue weighted by Gasteiger charge is -2.13. The second-order valence-electron chi connectivity index (χ2n) is 7.14. The van der Waals surface area contributed by atoms with Gasteiger partial charge >= 0.3 is 5.97 Å². The van der Waals surface area contributed by atoms with Crippen molar-refractivity contribution in [3.8, 4) is 0 Å². The fourth-order valence-corrected chi connectivity index (χ4v) is 3.19. The van der Waals surface area contributed by atoms with Gasteiger partial charge in [0.25, 0.3) is 5.91 Å². The molecule has 1 aromatic carbocycles. The summed E-state index contributed by atoms with van der Waals surface area (Å²) in [7, 11) is 0. The number of pyridine rings is 1. The van der Waals surface area contributed by atoms with Gasteiger partial charge in [0.1, 0.15) is 12.1 Å². The Kier molecular flexibility index (Phi) is 8.16. The first kappa shape index (κ1) is 22.0. The number of aromatic nitrogens is 2. The van der Waals surface area contributed by atoms with Crippen LogP contribution in [0.3, 0.4) is 0 Å². The smallest absolute Gasteiger partial charge is 0.303 e. The van der Waals surface area contributed by atoms with Gasteiger partial charge in [-0.2, -0.15) is 0 Å². The zero-order chi connectivity index (χ0) is 21.9. The van der Waals surface area contributed by atoms with Gasteiger partial charge in [-0.05, 0) is 30.5 Å². The molecule has 3 aromatic rings. The number of benzene rings is 1. The fourth-order valence-electron chi connectivity index (χ4n) is 3.19. The number of amides is 1. The van der Waals surface area contributed by atoms with Gasteiger partial charge in [-0.25, -0.2) is 9.97 Å². The minimum absolute atomic E-state index is 0.0412. The number of oxazole rings is 1. The highest BCUT2D eigenvalue weighted by molar-refractivity contribution is 5.91. The van der Waals surface area contributed by atoms with Crippen molar-refractivity contribution in [2.24, 2.45) is 0 Å². The molecule has 2 heterocycles. The predicted molar refractivity (Wildman–Crippen MR) is 116 cm³/mol. The largest absolute Gasteiger partial charge is 0.481 e. The first-order valence-corrected chi connectivity index (χ1v) is 10.3. The monoisotopic (exact) mass is 422 g/mol. The van der Waals surface area contributed by atoms with E-state index in [1.165, 1.54) is 6.26 Å². The number of rotatable bonds is 12. The van der Waals surface area contributed by atoms with Gasteiger partial charge in [0.2, 0.25) is 0 Å². The third-order valence-corrected chi connectivity index (χ3v) is 4.76. The first-order valence-electron chi connectivity index (χ1n) is 10.3. The maximum atomic E-state index is 12.3.